The van der Waals surface area contributed by atoms with Crippen LogP contribution in [0.1, 0.15) is 21.0 Å². The van der Waals surface area contributed by atoms with Crippen LogP contribution >= 0.6 is 0 Å². The third-order valence-electron chi connectivity index (χ3n) is 4.53. The topological polar surface area (TPSA) is 137 Å². The smallest absolute Gasteiger partial charge is 0.319 e. The monoisotopic (exact) mass is 420 g/mol. The summed E-state index contributed by atoms with van der Waals surface area (Å²) in [7, 11) is 1.71. The van der Waals surface area contributed by atoms with E-state index in [9.17, 15) is 4.79 Å². The number of methoxy groups -OCH3 is 1. The zero-order chi connectivity index (χ0) is 21.2. The van der Waals surface area contributed by atoms with Gasteiger partial charge >= 0.3 is 6.03 Å². The van der Waals surface area contributed by atoms with Crippen molar-refractivity contribution >= 4 is 17.5 Å². The minimum atomic E-state index is -0.226. The summed E-state index contributed by atoms with van der Waals surface area (Å²) in [6.45, 7) is 11.7. The van der Waals surface area contributed by atoms with E-state index in [4.69, 9.17) is 15.5 Å². The van der Waals surface area contributed by atoms with E-state index in [1.165, 1.54) is 0 Å². The minimum absolute atomic E-state index is 0. The van der Waals surface area contributed by atoms with E-state index in [1.807, 2.05) is 31.2 Å². The van der Waals surface area contributed by atoms with Gasteiger partial charge in [-0.15, -0.1) is 13.2 Å². The Morgan fingerprint density at radius 1 is 1.30 bits per heavy atom. The number of nitrogens with one attached hydrogen (secondary N) is 2. The van der Waals surface area contributed by atoms with Gasteiger partial charge in [0.05, 0.1) is 12.3 Å². The third kappa shape index (κ3) is 6.51. The van der Waals surface area contributed by atoms with Crippen molar-refractivity contribution in [3.05, 3.63) is 48.7 Å². The Hall–Kier alpha value is -3.01. The summed E-state index contributed by atoms with van der Waals surface area (Å²) in [5.74, 6) is 1.15. The summed E-state index contributed by atoms with van der Waals surface area (Å²) in [5, 5.41) is 5.47. The number of nitrogens with two attached hydrogens (primary N) is 1. The molecule has 0 bridgehead atoms. The summed E-state index contributed by atoms with van der Waals surface area (Å²) < 4.78 is 5.17. The Balaban J connectivity index is 0. The maximum atomic E-state index is 11.6. The molecule has 0 fully saturated rings. The van der Waals surface area contributed by atoms with Crippen LogP contribution in [0, 0.1) is 0 Å². The molecule has 9 nitrogen and oxygen atoms in total. The van der Waals surface area contributed by atoms with Gasteiger partial charge in [-0.25, -0.2) is 14.8 Å². The summed E-state index contributed by atoms with van der Waals surface area (Å²) in [5.41, 5.74) is 9.79. The SMILES string of the molecule is C=C.CCNC(=O)Nc1ccc(-c2nc(N)c3c(n2)CN(CCOC)CC3)cc1.O.[HH].[HH]. The molecule has 9 heteroatoms. The molecule has 2 amide bonds. The van der Waals surface area contributed by atoms with Crippen LogP contribution in [0.2, 0.25) is 0 Å². The molecule has 1 aromatic heterocycles. The van der Waals surface area contributed by atoms with Crippen molar-refractivity contribution in [3.63, 3.8) is 0 Å². The largest absolute Gasteiger partial charge is 0.412 e. The molecule has 2 heterocycles. The van der Waals surface area contributed by atoms with Crippen molar-refractivity contribution < 1.29 is 17.9 Å². The van der Waals surface area contributed by atoms with E-state index in [-0.39, 0.29) is 14.4 Å². The summed E-state index contributed by atoms with van der Waals surface area (Å²) in [6.07, 6.45) is 0.848. The number of nitrogen functional groups attached to an aromatic ring is 1. The van der Waals surface area contributed by atoms with E-state index in [0.29, 0.717) is 30.5 Å². The molecule has 2 aromatic rings. The van der Waals surface area contributed by atoms with Crippen molar-refractivity contribution in [2.75, 3.05) is 44.4 Å². The Morgan fingerprint density at radius 3 is 2.63 bits per heavy atom. The van der Waals surface area contributed by atoms with Gasteiger partial charge in [-0.3, -0.25) is 4.90 Å². The maximum Gasteiger partial charge on any atom is 0.319 e. The van der Waals surface area contributed by atoms with E-state index in [1.54, 1.807) is 7.11 Å². The van der Waals surface area contributed by atoms with E-state index >= 15 is 0 Å². The number of urea groups is 1. The van der Waals surface area contributed by atoms with Gasteiger partial charge in [-0.05, 0) is 37.6 Å². The van der Waals surface area contributed by atoms with Crippen LogP contribution in [0.4, 0.5) is 16.3 Å². The number of hydrogen-bond donors (Lipinski definition) is 3. The standard InChI is InChI=1S/C19H26N6O2.C2H4.H2O.2H2/c1-3-21-19(26)22-14-6-4-13(5-7-14)18-23-16-12-25(10-11-27-2)9-8-15(16)17(20)24-18;1-2;;;/h4-7H,3,8-12H2,1-2H3,(H2,20,23,24)(H2,21,22,26);1-2H2;1H2;2*1H. The molecule has 6 N–H and O–H groups in total. The number of carbonyl (C=O) groups excluding carboxylic acids is 1. The molecule has 3 rings (SSSR count). The zero-order valence-corrected chi connectivity index (χ0v) is 17.7. The van der Waals surface area contributed by atoms with Gasteiger partial charge in [0, 0.05) is 53.0 Å². The van der Waals surface area contributed by atoms with Gasteiger partial charge in [-0.1, -0.05) is 0 Å². The number of carbonyl (C=O) groups is 1. The highest BCUT2D eigenvalue weighted by atomic mass is 16.5. The molecule has 1 aromatic carbocycles. The van der Waals surface area contributed by atoms with E-state index < -0.39 is 0 Å². The van der Waals surface area contributed by atoms with Crippen LogP contribution in [-0.4, -0.2) is 59.7 Å². The molecule has 168 valence electrons. The lowest BCUT2D eigenvalue weighted by molar-refractivity contribution is 0.139. The molecule has 0 radical (unpaired) electrons. The van der Waals surface area contributed by atoms with Gasteiger partial charge < -0.3 is 26.6 Å². The number of benzene rings is 1. The van der Waals surface area contributed by atoms with Crippen molar-refractivity contribution in [3.8, 4) is 11.4 Å². The second-order valence-corrected chi connectivity index (χ2v) is 6.44. The van der Waals surface area contributed by atoms with Crippen LogP contribution in [-0.2, 0) is 17.7 Å². The molecular formula is C21H36N6O3. The lowest BCUT2D eigenvalue weighted by Crippen LogP contribution is -2.34. The zero-order valence-electron chi connectivity index (χ0n) is 17.7. The van der Waals surface area contributed by atoms with Crippen LogP contribution in [0.15, 0.2) is 37.4 Å². The van der Waals surface area contributed by atoms with Crippen LogP contribution in [0.25, 0.3) is 11.4 Å². The van der Waals surface area contributed by atoms with Gasteiger partial charge in [0.15, 0.2) is 5.82 Å². The van der Waals surface area contributed by atoms with Crippen molar-refractivity contribution in [2.24, 2.45) is 0 Å². The van der Waals surface area contributed by atoms with Gasteiger partial charge in [0.2, 0.25) is 0 Å². The number of nitrogens with zero attached hydrogens (tertiary/aromatic N) is 3. The van der Waals surface area contributed by atoms with Crippen molar-refractivity contribution in [1.82, 2.24) is 20.2 Å². The fraction of sp³-hybridized carbons (Fsp3) is 0.381. The van der Waals surface area contributed by atoms with Crippen molar-refractivity contribution in [1.29, 1.82) is 0 Å². The maximum absolute atomic E-state index is 11.6. The Kier molecular flexibility index (Phi) is 10.5. The molecule has 0 spiro atoms. The summed E-state index contributed by atoms with van der Waals surface area (Å²) in [4.78, 5) is 23.1. The molecule has 30 heavy (non-hydrogen) atoms. The Morgan fingerprint density at radius 2 is 2.00 bits per heavy atom. The normalized spacial score (nSPS) is 12.6. The summed E-state index contributed by atoms with van der Waals surface area (Å²) >= 11 is 0. The highest BCUT2D eigenvalue weighted by Crippen LogP contribution is 2.26. The van der Waals surface area contributed by atoms with Crippen LogP contribution in [0.3, 0.4) is 0 Å². The first-order chi connectivity index (χ1) is 14.1. The first-order valence-electron chi connectivity index (χ1n) is 9.62. The fourth-order valence-corrected chi connectivity index (χ4v) is 3.09. The molecule has 0 unspecified atom stereocenters. The number of amides is 2. The van der Waals surface area contributed by atoms with Gasteiger partial charge in [-0.2, -0.15) is 0 Å². The molecule has 0 aliphatic carbocycles. The lowest BCUT2D eigenvalue weighted by Gasteiger charge is -2.28. The number of ether oxygens (including phenoxy) is 1. The number of fused-ring (bicyclic) bond motifs is 1. The first-order valence-corrected chi connectivity index (χ1v) is 9.62. The number of rotatable bonds is 6. The highest BCUT2D eigenvalue weighted by molar-refractivity contribution is 5.89. The predicted molar refractivity (Wildman–Crippen MR) is 125 cm³/mol. The fourth-order valence-electron chi connectivity index (χ4n) is 3.09. The van der Waals surface area contributed by atoms with Crippen LogP contribution in [0.5, 0.6) is 0 Å². The average molecular weight is 421 g/mol. The molecule has 0 saturated carbocycles. The van der Waals surface area contributed by atoms with Crippen molar-refractivity contribution in [2.45, 2.75) is 19.9 Å². The minimum Gasteiger partial charge on any atom is -0.412 e. The average Bonchev–Trinajstić information content (AvgIpc) is 2.74. The van der Waals surface area contributed by atoms with E-state index in [2.05, 4.69) is 33.7 Å². The lowest BCUT2D eigenvalue weighted by atomic mass is 10.0. The number of anilines is 2. The van der Waals surface area contributed by atoms with Gasteiger partial charge in [0.1, 0.15) is 5.82 Å². The predicted octanol–water partition coefficient (Wildman–Crippen LogP) is 2.34. The second kappa shape index (κ2) is 12.5. The highest BCUT2D eigenvalue weighted by Gasteiger charge is 2.21. The molecule has 1 aliphatic heterocycles. The van der Waals surface area contributed by atoms with Gasteiger partial charge in [0.25, 0.3) is 0 Å². The quantitative estimate of drug-likeness (QED) is 0.614. The number of hydrogen-bond acceptors (Lipinski definition) is 6. The molecular weight excluding hydrogens is 384 g/mol. The third-order valence-corrected chi connectivity index (χ3v) is 4.53. The molecule has 0 saturated heterocycles. The van der Waals surface area contributed by atoms with Crippen LogP contribution < -0.4 is 16.4 Å². The van der Waals surface area contributed by atoms with E-state index in [0.717, 1.165) is 42.9 Å². The molecule has 0 atom stereocenters. The molecule has 1 aliphatic rings. The second-order valence-electron chi connectivity index (χ2n) is 6.44. The number of aromatic nitrogens is 2. The Labute approximate surface area is 180 Å². The first kappa shape index (κ1) is 25.0. The Bertz CT molecular complexity index is 824. The summed E-state index contributed by atoms with van der Waals surface area (Å²) in [6, 6.07) is 7.20.